The average molecular weight is 365 g/mol. The van der Waals surface area contributed by atoms with Crippen molar-refractivity contribution in [3.05, 3.63) is 75.2 Å². The van der Waals surface area contributed by atoms with Crippen molar-refractivity contribution in [1.29, 1.82) is 0 Å². The largest absolute Gasteiger partial charge is 0.361 e. The lowest BCUT2D eigenvalue weighted by Crippen LogP contribution is -2.44. The zero-order valence-electron chi connectivity index (χ0n) is 13.6. The van der Waals surface area contributed by atoms with Crippen LogP contribution in [0.5, 0.6) is 0 Å². The standard InChI is InChI=1S/C20H18N3S2/c1-2-18(25-10-1)20-19(15-3-4-17-14(12-15)5-7-21-17)22-8-9-23(20)16-6-11-24-13-16/h1-7,10-13,19-21H,8-9H2. The van der Waals surface area contributed by atoms with Crippen LogP contribution in [0.25, 0.3) is 10.9 Å². The van der Waals surface area contributed by atoms with Gasteiger partial charge in [0.2, 0.25) is 0 Å². The second-order valence-electron chi connectivity index (χ2n) is 6.31. The molecule has 0 saturated carbocycles. The summed E-state index contributed by atoms with van der Waals surface area (Å²) >= 11 is 3.59. The fourth-order valence-electron chi connectivity index (χ4n) is 3.74. The van der Waals surface area contributed by atoms with Crippen molar-refractivity contribution >= 4 is 39.3 Å². The number of rotatable bonds is 3. The molecule has 1 fully saturated rings. The Labute approximate surface area is 154 Å². The zero-order chi connectivity index (χ0) is 16.6. The number of nitrogens with one attached hydrogen (secondary N) is 1. The van der Waals surface area contributed by atoms with Crippen molar-refractivity contribution in [2.24, 2.45) is 0 Å². The summed E-state index contributed by atoms with van der Waals surface area (Å²) in [5.74, 6) is 0. The van der Waals surface area contributed by atoms with E-state index >= 15 is 0 Å². The third-order valence-electron chi connectivity index (χ3n) is 4.89. The van der Waals surface area contributed by atoms with Crippen molar-refractivity contribution in [3.63, 3.8) is 0 Å². The van der Waals surface area contributed by atoms with E-state index in [1.165, 1.54) is 27.0 Å². The van der Waals surface area contributed by atoms with Gasteiger partial charge in [0.1, 0.15) is 0 Å². The van der Waals surface area contributed by atoms with Crippen molar-refractivity contribution in [2.75, 3.05) is 18.0 Å². The summed E-state index contributed by atoms with van der Waals surface area (Å²) in [5, 5.41) is 12.9. The smallest absolute Gasteiger partial charge is 0.0846 e. The Bertz CT molecular complexity index is 956. The van der Waals surface area contributed by atoms with E-state index in [1.54, 1.807) is 11.3 Å². The fourth-order valence-corrected chi connectivity index (χ4v) is 5.25. The van der Waals surface area contributed by atoms with E-state index in [1.807, 2.05) is 17.5 Å². The molecule has 25 heavy (non-hydrogen) atoms. The molecule has 1 radical (unpaired) electrons. The van der Waals surface area contributed by atoms with Gasteiger partial charge >= 0.3 is 0 Å². The second-order valence-corrected chi connectivity index (χ2v) is 8.07. The lowest BCUT2D eigenvalue weighted by Gasteiger charge is -2.42. The molecule has 5 rings (SSSR count). The third-order valence-corrected chi connectivity index (χ3v) is 6.51. The SMILES string of the molecule is c1csc(C2C(c3ccc4[nH]ccc4c3)[N]CCN2c2ccsc2)c1. The lowest BCUT2D eigenvalue weighted by atomic mass is 9.93. The van der Waals surface area contributed by atoms with E-state index in [4.69, 9.17) is 5.32 Å². The van der Waals surface area contributed by atoms with E-state index < -0.39 is 0 Å². The van der Waals surface area contributed by atoms with Crippen molar-refractivity contribution in [1.82, 2.24) is 10.3 Å². The van der Waals surface area contributed by atoms with E-state index in [-0.39, 0.29) is 12.1 Å². The maximum atomic E-state index is 5.05. The molecule has 1 aliphatic heterocycles. The minimum atomic E-state index is 0.159. The predicted molar refractivity (Wildman–Crippen MR) is 107 cm³/mol. The average Bonchev–Trinajstić information content (AvgIpc) is 3.42. The van der Waals surface area contributed by atoms with Crippen molar-refractivity contribution < 1.29 is 0 Å². The van der Waals surface area contributed by atoms with Gasteiger partial charge in [0.25, 0.3) is 0 Å². The summed E-state index contributed by atoms with van der Waals surface area (Å²) in [7, 11) is 0. The van der Waals surface area contributed by atoms with Gasteiger partial charge in [0.05, 0.1) is 12.1 Å². The van der Waals surface area contributed by atoms with Gasteiger partial charge in [-0.2, -0.15) is 11.3 Å². The quantitative estimate of drug-likeness (QED) is 0.533. The van der Waals surface area contributed by atoms with Gasteiger partial charge < -0.3 is 9.88 Å². The van der Waals surface area contributed by atoms with Crippen LogP contribution in [0.2, 0.25) is 0 Å². The Morgan fingerprint density at radius 3 is 2.96 bits per heavy atom. The molecule has 5 heteroatoms. The summed E-state index contributed by atoms with van der Waals surface area (Å²) in [6, 6.07) is 15.9. The van der Waals surface area contributed by atoms with Gasteiger partial charge in [-0.3, -0.25) is 0 Å². The first-order valence-electron chi connectivity index (χ1n) is 8.46. The molecule has 0 aliphatic carbocycles. The number of hydrogen-bond acceptors (Lipinski definition) is 3. The Hall–Kier alpha value is -2.08. The summed E-state index contributed by atoms with van der Waals surface area (Å²) in [6.07, 6.45) is 2.00. The minimum Gasteiger partial charge on any atom is -0.361 e. The number of thiophene rings is 2. The van der Waals surface area contributed by atoms with Crippen LogP contribution in [0.4, 0.5) is 5.69 Å². The Kier molecular flexibility index (Phi) is 3.85. The van der Waals surface area contributed by atoms with Crippen LogP contribution in [-0.2, 0) is 0 Å². The van der Waals surface area contributed by atoms with Gasteiger partial charge in [-0.1, -0.05) is 12.1 Å². The molecule has 2 atom stereocenters. The molecule has 3 aromatic heterocycles. The molecule has 1 saturated heterocycles. The van der Waals surface area contributed by atoms with Crippen LogP contribution < -0.4 is 10.2 Å². The van der Waals surface area contributed by atoms with Crippen LogP contribution in [0.15, 0.2) is 64.8 Å². The molecular formula is C20H18N3S2. The number of aromatic amines is 1. The molecule has 1 aromatic carbocycles. The highest BCUT2D eigenvalue weighted by Crippen LogP contribution is 2.42. The molecular weight excluding hydrogens is 346 g/mol. The molecule has 0 spiro atoms. The fraction of sp³-hybridized carbons (Fsp3) is 0.200. The van der Waals surface area contributed by atoms with E-state index in [0.29, 0.717) is 0 Å². The molecule has 1 N–H and O–H groups in total. The summed E-state index contributed by atoms with van der Waals surface area (Å²) in [5.41, 5.74) is 3.79. The summed E-state index contributed by atoms with van der Waals surface area (Å²) in [4.78, 5) is 7.19. The number of nitrogens with zero attached hydrogens (tertiary/aromatic N) is 2. The van der Waals surface area contributed by atoms with E-state index in [2.05, 4.69) is 68.5 Å². The lowest BCUT2D eigenvalue weighted by molar-refractivity contribution is 0.376. The van der Waals surface area contributed by atoms with Gasteiger partial charge in [-0.15, -0.1) is 11.3 Å². The molecule has 4 aromatic rings. The minimum absolute atomic E-state index is 0.159. The highest BCUT2D eigenvalue weighted by molar-refractivity contribution is 7.10. The summed E-state index contributed by atoms with van der Waals surface area (Å²) < 4.78 is 0. The number of piperazine rings is 1. The van der Waals surface area contributed by atoms with Crippen LogP contribution in [0, 0.1) is 0 Å². The van der Waals surface area contributed by atoms with Crippen molar-refractivity contribution in [2.45, 2.75) is 12.1 Å². The highest BCUT2D eigenvalue weighted by atomic mass is 32.1. The molecule has 4 heterocycles. The number of anilines is 1. The first-order valence-corrected chi connectivity index (χ1v) is 10.3. The van der Waals surface area contributed by atoms with Crippen LogP contribution in [-0.4, -0.2) is 18.1 Å². The molecule has 1 aliphatic rings. The topological polar surface area (TPSA) is 33.1 Å². The van der Waals surface area contributed by atoms with Crippen molar-refractivity contribution in [3.8, 4) is 0 Å². The predicted octanol–water partition coefficient (Wildman–Crippen LogP) is 5.20. The van der Waals surface area contributed by atoms with E-state index in [0.717, 1.165) is 13.1 Å². The zero-order valence-corrected chi connectivity index (χ0v) is 15.3. The first kappa shape index (κ1) is 15.2. The maximum Gasteiger partial charge on any atom is 0.0846 e. The van der Waals surface area contributed by atoms with Crippen LogP contribution in [0.3, 0.4) is 0 Å². The number of benzene rings is 1. The Balaban J connectivity index is 1.60. The summed E-state index contributed by atoms with van der Waals surface area (Å²) in [6.45, 7) is 1.84. The molecule has 125 valence electrons. The Morgan fingerprint density at radius 2 is 2.12 bits per heavy atom. The number of H-pyrrole nitrogens is 1. The second kappa shape index (κ2) is 6.33. The number of hydrogen-bond donors (Lipinski definition) is 1. The maximum absolute atomic E-state index is 5.05. The number of aromatic nitrogens is 1. The number of fused-ring (bicyclic) bond motifs is 1. The highest BCUT2D eigenvalue weighted by Gasteiger charge is 2.35. The molecule has 3 nitrogen and oxygen atoms in total. The molecule has 0 bridgehead atoms. The molecule has 2 unspecified atom stereocenters. The van der Waals surface area contributed by atoms with Gasteiger partial charge in [0, 0.05) is 40.7 Å². The van der Waals surface area contributed by atoms with E-state index in [9.17, 15) is 0 Å². The van der Waals surface area contributed by atoms with Crippen LogP contribution in [0.1, 0.15) is 22.5 Å². The third kappa shape index (κ3) is 2.68. The van der Waals surface area contributed by atoms with Gasteiger partial charge in [0.15, 0.2) is 0 Å². The monoisotopic (exact) mass is 364 g/mol. The normalized spacial score (nSPS) is 21.0. The first-order chi connectivity index (χ1) is 12.4. The van der Waals surface area contributed by atoms with Gasteiger partial charge in [-0.05, 0) is 52.0 Å². The van der Waals surface area contributed by atoms with Crippen LogP contribution >= 0.6 is 22.7 Å². The molecule has 0 amide bonds. The Morgan fingerprint density at radius 1 is 1.12 bits per heavy atom. The van der Waals surface area contributed by atoms with Gasteiger partial charge in [-0.25, -0.2) is 5.32 Å².